The number of pyridine rings is 1. The zero-order valence-electron chi connectivity index (χ0n) is 14.2. The Kier molecular flexibility index (Phi) is 4.10. The monoisotopic (exact) mass is 319 g/mol. The Labute approximate surface area is 141 Å². The number of carbonyl (C=O) groups is 1. The van der Waals surface area contributed by atoms with E-state index in [0.717, 1.165) is 11.1 Å². The van der Waals surface area contributed by atoms with Gasteiger partial charge in [0.1, 0.15) is 0 Å². The second kappa shape index (κ2) is 6.08. The number of rotatable bonds is 3. The number of fused-ring (bicyclic) bond motifs is 1. The van der Waals surface area contributed by atoms with E-state index >= 15 is 0 Å². The number of benzene rings is 2. The molecule has 3 nitrogen and oxygen atoms in total. The number of hydrogen-bond donors (Lipinski definition) is 1. The Balaban J connectivity index is 1.88. The molecule has 2 aromatic carbocycles. The van der Waals surface area contributed by atoms with Gasteiger partial charge in [0.25, 0.3) is 0 Å². The van der Waals surface area contributed by atoms with E-state index in [2.05, 4.69) is 25.8 Å². The summed E-state index contributed by atoms with van der Waals surface area (Å²) in [6.07, 6.45) is 1.75. The maximum absolute atomic E-state index is 12.5. The molecule has 3 rings (SSSR count). The van der Waals surface area contributed by atoms with Gasteiger partial charge in [-0.1, -0.05) is 57.2 Å². The van der Waals surface area contributed by atoms with Crippen LogP contribution in [0.15, 0.2) is 59.5 Å². The smallest absolute Gasteiger partial charge is 0.200 e. The highest BCUT2D eigenvalue weighted by Crippen LogP contribution is 2.22. The summed E-state index contributed by atoms with van der Waals surface area (Å²) < 4.78 is 0. The third-order valence-corrected chi connectivity index (χ3v) is 4.27. The molecule has 0 atom stereocenters. The van der Waals surface area contributed by atoms with Crippen LogP contribution in [0.3, 0.4) is 0 Å². The molecule has 0 fully saturated rings. The van der Waals surface area contributed by atoms with Gasteiger partial charge in [-0.15, -0.1) is 0 Å². The van der Waals surface area contributed by atoms with Crippen LogP contribution in [0.25, 0.3) is 10.9 Å². The minimum atomic E-state index is -0.208. The lowest BCUT2D eigenvalue weighted by atomic mass is 9.86. The van der Waals surface area contributed by atoms with E-state index in [9.17, 15) is 9.59 Å². The van der Waals surface area contributed by atoms with Gasteiger partial charge in [0, 0.05) is 23.5 Å². The molecule has 1 heterocycles. The van der Waals surface area contributed by atoms with Crippen molar-refractivity contribution in [1.82, 2.24) is 4.98 Å². The molecule has 0 bridgehead atoms. The predicted octanol–water partition coefficient (Wildman–Crippen LogP) is 4.25. The Morgan fingerprint density at radius 2 is 1.67 bits per heavy atom. The number of aromatic nitrogens is 1. The molecule has 3 aromatic rings. The minimum absolute atomic E-state index is 0.0814. The fourth-order valence-corrected chi connectivity index (χ4v) is 2.78. The van der Waals surface area contributed by atoms with Crippen molar-refractivity contribution in [1.29, 1.82) is 0 Å². The van der Waals surface area contributed by atoms with E-state index in [1.54, 1.807) is 12.1 Å². The van der Waals surface area contributed by atoms with Crippen LogP contribution in [0.2, 0.25) is 0 Å². The molecule has 0 aliphatic rings. The van der Waals surface area contributed by atoms with Crippen molar-refractivity contribution in [3.8, 4) is 0 Å². The van der Waals surface area contributed by atoms with Gasteiger partial charge in [-0.05, 0) is 28.7 Å². The van der Waals surface area contributed by atoms with Crippen molar-refractivity contribution >= 4 is 16.7 Å². The third-order valence-electron chi connectivity index (χ3n) is 4.27. The molecular formula is C21H21NO2. The van der Waals surface area contributed by atoms with Crippen LogP contribution in [0.4, 0.5) is 0 Å². The van der Waals surface area contributed by atoms with Crippen LogP contribution in [-0.4, -0.2) is 10.8 Å². The SMILES string of the molecule is CC(C)(C)c1ccc(CC(=O)c2c[nH]c3ccccc3c2=O)cc1. The van der Waals surface area contributed by atoms with Crippen molar-refractivity contribution in [2.24, 2.45) is 0 Å². The van der Waals surface area contributed by atoms with Crippen LogP contribution in [0.1, 0.15) is 42.3 Å². The van der Waals surface area contributed by atoms with Gasteiger partial charge in [0.15, 0.2) is 11.2 Å². The van der Waals surface area contributed by atoms with Crippen molar-refractivity contribution in [2.75, 3.05) is 0 Å². The Hall–Kier alpha value is -2.68. The van der Waals surface area contributed by atoms with E-state index in [-0.39, 0.29) is 28.6 Å². The predicted molar refractivity (Wildman–Crippen MR) is 97.7 cm³/mol. The number of Topliss-reactive ketones (excluding diaryl/α,β-unsaturated/α-hetero) is 1. The Morgan fingerprint density at radius 3 is 2.33 bits per heavy atom. The molecule has 0 unspecified atom stereocenters. The van der Waals surface area contributed by atoms with Gasteiger partial charge in [0.05, 0.1) is 5.56 Å². The highest BCUT2D eigenvalue weighted by molar-refractivity contribution is 5.99. The molecule has 0 amide bonds. The van der Waals surface area contributed by atoms with Crippen LogP contribution >= 0.6 is 0 Å². The van der Waals surface area contributed by atoms with Crippen LogP contribution in [0, 0.1) is 0 Å². The molecule has 0 aliphatic carbocycles. The van der Waals surface area contributed by atoms with Crippen LogP contribution in [0.5, 0.6) is 0 Å². The topological polar surface area (TPSA) is 49.9 Å². The van der Waals surface area contributed by atoms with E-state index in [1.165, 1.54) is 11.8 Å². The highest BCUT2D eigenvalue weighted by atomic mass is 16.1. The van der Waals surface area contributed by atoms with Gasteiger partial charge in [0.2, 0.25) is 0 Å². The van der Waals surface area contributed by atoms with Gasteiger partial charge < -0.3 is 4.98 Å². The summed E-state index contributed by atoms with van der Waals surface area (Å²) in [6, 6.07) is 15.3. The Bertz CT molecular complexity index is 944. The third kappa shape index (κ3) is 3.16. The maximum atomic E-state index is 12.5. The summed E-state index contributed by atoms with van der Waals surface area (Å²) in [5.74, 6) is -0.162. The maximum Gasteiger partial charge on any atom is 0.200 e. The minimum Gasteiger partial charge on any atom is -0.360 e. The number of hydrogen-bond acceptors (Lipinski definition) is 2. The van der Waals surface area contributed by atoms with Gasteiger partial charge >= 0.3 is 0 Å². The second-order valence-corrected chi connectivity index (χ2v) is 7.12. The summed E-state index contributed by atoms with van der Waals surface area (Å²) in [5, 5.41) is 0.548. The van der Waals surface area contributed by atoms with E-state index in [0.29, 0.717) is 5.39 Å². The van der Waals surface area contributed by atoms with Crippen molar-refractivity contribution < 1.29 is 4.79 Å². The van der Waals surface area contributed by atoms with Crippen molar-refractivity contribution in [3.63, 3.8) is 0 Å². The fourth-order valence-electron chi connectivity index (χ4n) is 2.78. The first-order valence-electron chi connectivity index (χ1n) is 8.09. The summed E-state index contributed by atoms with van der Waals surface area (Å²) in [5.41, 5.74) is 2.98. The first-order valence-corrected chi connectivity index (χ1v) is 8.09. The second-order valence-electron chi connectivity index (χ2n) is 7.12. The molecule has 3 heteroatoms. The zero-order chi connectivity index (χ0) is 17.3. The molecule has 122 valence electrons. The Morgan fingerprint density at radius 1 is 1.00 bits per heavy atom. The molecule has 0 aliphatic heterocycles. The average molecular weight is 319 g/mol. The molecule has 0 saturated heterocycles. The summed E-state index contributed by atoms with van der Waals surface area (Å²) in [7, 11) is 0. The number of nitrogens with one attached hydrogen (secondary N) is 1. The van der Waals surface area contributed by atoms with Crippen molar-refractivity contribution in [3.05, 3.63) is 81.6 Å². The first kappa shape index (κ1) is 16.2. The molecule has 1 N–H and O–H groups in total. The summed E-state index contributed by atoms with van der Waals surface area (Å²) >= 11 is 0. The summed E-state index contributed by atoms with van der Waals surface area (Å²) in [6.45, 7) is 6.46. The molecule has 0 spiro atoms. The molecular weight excluding hydrogens is 298 g/mol. The number of carbonyl (C=O) groups excluding carboxylic acids is 1. The number of H-pyrrole nitrogens is 1. The lowest BCUT2D eigenvalue weighted by molar-refractivity contribution is 0.0992. The summed E-state index contributed by atoms with van der Waals surface area (Å²) in [4.78, 5) is 28.1. The molecule has 0 radical (unpaired) electrons. The largest absolute Gasteiger partial charge is 0.360 e. The van der Waals surface area contributed by atoms with E-state index in [1.807, 2.05) is 36.4 Å². The van der Waals surface area contributed by atoms with Crippen LogP contribution in [-0.2, 0) is 11.8 Å². The number of ketones is 1. The van der Waals surface area contributed by atoms with Crippen LogP contribution < -0.4 is 5.43 Å². The lowest BCUT2D eigenvalue weighted by Crippen LogP contribution is -2.17. The standard InChI is InChI=1S/C21H21NO2/c1-21(2,3)15-10-8-14(9-11-15)12-19(23)17-13-22-18-7-5-4-6-16(18)20(17)24/h4-11,13H,12H2,1-3H3,(H,22,24). The van der Waals surface area contributed by atoms with Crippen molar-refractivity contribution in [2.45, 2.75) is 32.6 Å². The van der Waals surface area contributed by atoms with Gasteiger partial charge in [-0.3, -0.25) is 9.59 Å². The average Bonchev–Trinajstić information content (AvgIpc) is 2.55. The zero-order valence-corrected chi connectivity index (χ0v) is 14.2. The van der Waals surface area contributed by atoms with E-state index < -0.39 is 0 Å². The first-order chi connectivity index (χ1) is 11.4. The van der Waals surface area contributed by atoms with Gasteiger partial charge in [-0.2, -0.15) is 0 Å². The van der Waals surface area contributed by atoms with E-state index in [4.69, 9.17) is 0 Å². The normalized spacial score (nSPS) is 11.6. The molecule has 0 saturated carbocycles. The number of aromatic amines is 1. The van der Waals surface area contributed by atoms with Gasteiger partial charge in [-0.25, -0.2) is 0 Å². The highest BCUT2D eigenvalue weighted by Gasteiger charge is 2.15. The fraction of sp³-hybridized carbons (Fsp3) is 0.238. The quantitative estimate of drug-likeness (QED) is 0.734. The number of para-hydroxylation sites is 1. The lowest BCUT2D eigenvalue weighted by Gasteiger charge is -2.19. The molecule has 1 aromatic heterocycles. The molecule has 24 heavy (non-hydrogen) atoms.